The number of benzene rings is 2. The van der Waals surface area contributed by atoms with Gasteiger partial charge in [-0.1, -0.05) is 42.5 Å². The van der Waals surface area contributed by atoms with E-state index in [1.54, 1.807) is 19.2 Å². The maximum atomic E-state index is 12.5. The average molecular weight is 394 g/mol. The summed E-state index contributed by atoms with van der Waals surface area (Å²) in [6, 6.07) is 14.2. The molecule has 0 aromatic heterocycles. The third-order valence-electron chi connectivity index (χ3n) is 3.82. The molecule has 8 heteroatoms. The number of rotatable bonds is 7. The van der Waals surface area contributed by atoms with E-state index in [2.05, 4.69) is 37.4 Å². The predicted molar refractivity (Wildman–Crippen MR) is 104 cm³/mol. The first kappa shape index (κ1) is 21.6. The molecule has 0 amide bonds. The Labute approximate surface area is 163 Å². The van der Waals surface area contributed by atoms with Gasteiger partial charge in [-0.3, -0.25) is 4.99 Å². The molecule has 0 saturated heterocycles. The highest BCUT2D eigenvalue weighted by molar-refractivity contribution is 5.79. The zero-order chi connectivity index (χ0) is 20.6. The van der Waals surface area contributed by atoms with Gasteiger partial charge in [0.2, 0.25) is 0 Å². The summed E-state index contributed by atoms with van der Waals surface area (Å²) in [6.45, 7) is 1.53. The van der Waals surface area contributed by atoms with Crippen molar-refractivity contribution >= 4 is 5.96 Å². The summed E-state index contributed by atoms with van der Waals surface area (Å²) in [7, 11) is 5.63. The summed E-state index contributed by atoms with van der Waals surface area (Å²) in [6.07, 6.45) is -4.73. The van der Waals surface area contributed by atoms with Crippen LogP contribution in [0.15, 0.2) is 53.5 Å². The maximum absolute atomic E-state index is 12.5. The van der Waals surface area contributed by atoms with Crippen LogP contribution in [0.4, 0.5) is 13.2 Å². The number of para-hydroxylation sites is 1. The van der Waals surface area contributed by atoms with E-state index < -0.39 is 6.36 Å². The fraction of sp³-hybridized carbons (Fsp3) is 0.350. The smallest absolute Gasteiger partial charge is 0.405 e. The van der Waals surface area contributed by atoms with Crippen LogP contribution in [0.5, 0.6) is 5.75 Å². The van der Waals surface area contributed by atoms with E-state index in [4.69, 9.17) is 0 Å². The average Bonchev–Trinajstić information content (AvgIpc) is 2.61. The molecule has 0 atom stereocenters. The number of nitrogens with one attached hydrogen (secondary N) is 2. The minimum atomic E-state index is -4.73. The van der Waals surface area contributed by atoms with Gasteiger partial charge in [-0.2, -0.15) is 0 Å². The molecule has 152 valence electrons. The molecular weight excluding hydrogens is 369 g/mol. The molecule has 0 radical (unpaired) electrons. The maximum Gasteiger partial charge on any atom is 0.573 e. The lowest BCUT2D eigenvalue weighted by Crippen LogP contribution is -2.36. The van der Waals surface area contributed by atoms with Gasteiger partial charge in [0.1, 0.15) is 5.75 Å². The lowest BCUT2D eigenvalue weighted by Gasteiger charge is -2.16. The van der Waals surface area contributed by atoms with Crippen molar-refractivity contribution in [1.29, 1.82) is 0 Å². The Bertz CT molecular complexity index is 791. The molecule has 2 N–H and O–H groups in total. The zero-order valence-electron chi connectivity index (χ0n) is 16.2. The largest absolute Gasteiger partial charge is 0.573 e. The monoisotopic (exact) mass is 394 g/mol. The van der Waals surface area contributed by atoms with E-state index in [9.17, 15) is 13.2 Å². The van der Waals surface area contributed by atoms with Crippen LogP contribution in [0, 0.1) is 0 Å². The van der Waals surface area contributed by atoms with Crippen LogP contribution in [-0.4, -0.2) is 38.4 Å². The van der Waals surface area contributed by atoms with Crippen LogP contribution in [0.2, 0.25) is 0 Å². The van der Waals surface area contributed by atoms with Gasteiger partial charge in [0, 0.05) is 32.2 Å². The Morgan fingerprint density at radius 3 is 2.36 bits per heavy atom. The Morgan fingerprint density at radius 2 is 1.68 bits per heavy atom. The second-order valence-corrected chi connectivity index (χ2v) is 6.49. The van der Waals surface area contributed by atoms with Crippen molar-refractivity contribution in [3.05, 3.63) is 65.2 Å². The van der Waals surface area contributed by atoms with Crippen LogP contribution in [0.3, 0.4) is 0 Å². The third-order valence-corrected chi connectivity index (χ3v) is 3.82. The molecule has 2 rings (SSSR count). The SMILES string of the molecule is CN=C(NCc1cccc(CN(C)C)c1)NCc1ccccc1OC(F)(F)F. The van der Waals surface area contributed by atoms with E-state index in [1.165, 1.54) is 17.7 Å². The third kappa shape index (κ3) is 7.48. The Kier molecular flexibility index (Phi) is 7.69. The van der Waals surface area contributed by atoms with Gasteiger partial charge in [-0.25, -0.2) is 0 Å². The second kappa shape index (κ2) is 9.98. The highest BCUT2D eigenvalue weighted by Crippen LogP contribution is 2.26. The van der Waals surface area contributed by atoms with Gasteiger partial charge in [-0.05, 0) is 31.3 Å². The summed E-state index contributed by atoms with van der Waals surface area (Å²) < 4.78 is 41.6. The molecule has 0 aliphatic heterocycles. The van der Waals surface area contributed by atoms with Crippen molar-refractivity contribution in [2.45, 2.75) is 26.0 Å². The Morgan fingerprint density at radius 1 is 1.00 bits per heavy atom. The number of aliphatic imine (C=N–C) groups is 1. The number of nitrogens with zero attached hydrogens (tertiary/aromatic N) is 2. The molecule has 28 heavy (non-hydrogen) atoms. The molecule has 0 aliphatic rings. The van der Waals surface area contributed by atoms with E-state index in [0.29, 0.717) is 18.1 Å². The summed E-state index contributed by atoms with van der Waals surface area (Å²) >= 11 is 0. The van der Waals surface area contributed by atoms with E-state index in [0.717, 1.165) is 12.1 Å². The lowest BCUT2D eigenvalue weighted by molar-refractivity contribution is -0.274. The Hall–Kier alpha value is -2.74. The van der Waals surface area contributed by atoms with E-state index in [1.807, 2.05) is 26.2 Å². The summed E-state index contributed by atoms with van der Waals surface area (Å²) in [5.41, 5.74) is 2.67. The topological polar surface area (TPSA) is 48.9 Å². The first-order chi connectivity index (χ1) is 13.3. The highest BCUT2D eigenvalue weighted by atomic mass is 19.4. The molecule has 0 aliphatic carbocycles. The molecule has 0 unspecified atom stereocenters. The minimum absolute atomic E-state index is 0.145. The van der Waals surface area contributed by atoms with Crippen LogP contribution in [0.1, 0.15) is 16.7 Å². The molecule has 2 aromatic carbocycles. The molecule has 5 nitrogen and oxygen atoms in total. The van der Waals surface area contributed by atoms with Gasteiger partial charge in [0.05, 0.1) is 0 Å². The molecule has 0 heterocycles. The van der Waals surface area contributed by atoms with Crippen molar-refractivity contribution in [2.75, 3.05) is 21.1 Å². The predicted octanol–water partition coefficient (Wildman–Crippen LogP) is 3.51. The van der Waals surface area contributed by atoms with Gasteiger partial charge in [0.25, 0.3) is 0 Å². The fourth-order valence-electron chi connectivity index (χ4n) is 2.66. The van der Waals surface area contributed by atoms with Gasteiger partial charge >= 0.3 is 6.36 Å². The van der Waals surface area contributed by atoms with Crippen molar-refractivity contribution < 1.29 is 17.9 Å². The summed E-state index contributed by atoms with van der Waals surface area (Å²) in [4.78, 5) is 6.21. The van der Waals surface area contributed by atoms with Crippen molar-refractivity contribution in [1.82, 2.24) is 15.5 Å². The highest BCUT2D eigenvalue weighted by Gasteiger charge is 2.31. The fourth-order valence-corrected chi connectivity index (χ4v) is 2.66. The molecular formula is C20H25F3N4O. The van der Waals surface area contributed by atoms with Crippen LogP contribution in [0.25, 0.3) is 0 Å². The molecule has 2 aromatic rings. The normalized spacial score (nSPS) is 12.2. The zero-order valence-corrected chi connectivity index (χ0v) is 16.2. The first-order valence-corrected chi connectivity index (χ1v) is 8.77. The molecule has 0 bridgehead atoms. The van der Waals surface area contributed by atoms with Crippen molar-refractivity contribution in [3.63, 3.8) is 0 Å². The molecule has 0 fully saturated rings. The Balaban J connectivity index is 1.94. The van der Waals surface area contributed by atoms with Gasteiger partial charge in [-0.15, -0.1) is 13.2 Å². The standard InChI is InChI=1S/C20H25F3N4O/c1-24-19(25-12-15-7-6-8-16(11-15)14-27(2)3)26-13-17-9-4-5-10-18(17)28-20(21,22)23/h4-11H,12-14H2,1-3H3,(H2,24,25,26). The second-order valence-electron chi connectivity index (χ2n) is 6.49. The van der Waals surface area contributed by atoms with Crippen molar-refractivity contribution in [2.24, 2.45) is 4.99 Å². The number of hydrogen-bond acceptors (Lipinski definition) is 3. The lowest BCUT2D eigenvalue weighted by atomic mass is 10.1. The van der Waals surface area contributed by atoms with E-state index in [-0.39, 0.29) is 12.3 Å². The van der Waals surface area contributed by atoms with Crippen molar-refractivity contribution in [3.8, 4) is 5.75 Å². The number of halogens is 3. The summed E-state index contributed by atoms with van der Waals surface area (Å²) in [5, 5.41) is 6.18. The number of alkyl halides is 3. The van der Waals surface area contributed by atoms with E-state index >= 15 is 0 Å². The first-order valence-electron chi connectivity index (χ1n) is 8.77. The van der Waals surface area contributed by atoms with Crippen LogP contribution >= 0.6 is 0 Å². The number of hydrogen-bond donors (Lipinski definition) is 2. The number of ether oxygens (including phenoxy) is 1. The van der Waals surface area contributed by atoms with Crippen LogP contribution < -0.4 is 15.4 Å². The molecule has 0 spiro atoms. The minimum Gasteiger partial charge on any atom is -0.405 e. The van der Waals surface area contributed by atoms with Gasteiger partial charge < -0.3 is 20.3 Å². The van der Waals surface area contributed by atoms with Crippen LogP contribution in [-0.2, 0) is 19.6 Å². The van der Waals surface area contributed by atoms with Gasteiger partial charge in [0.15, 0.2) is 5.96 Å². The number of guanidine groups is 1. The molecule has 0 saturated carbocycles. The summed E-state index contributed by atoms with van der Waals surface area (Å²) in [5.74, 6) is 0.258. The quantitative estimate of drug-likeness (QED) is 0.557.